The molecule has 1 aromatic heterocycles. The Balaban J connectivity index is 2.24. The third-order valence-corrected chi connectivity index (χ3v) is 3.58. The molecule has 0 bridgehead atoms. The van der Waals surface area contributed by atoms with Crippen molar-refractivity contribution in [1.82, 2.24) is 4.90 Å². The molecule has 0 aliphatic heterocycles. The molecule has 2 aromatic rings. The quantitative estimate of drug-likeness (QED) is 0.872. The van der Waals surface area contributed by atoms with Crippen LogP contribution in [-0.4, -0.2) is 16.8 Å². The molecule has 0 aliphatic rings. The summed E-state index contributed by atoms with van der Waals surface area (Å²) in [4.78, 5) is 14.4. The minimum Gasteiger partial charge on any atom is -0.464 e. The average molecular weight is 307 g/mol. The number of halogens is 1. The molecule has 0 atom stereocenters. The predicted octanol–water partition coefficient (Wildman–Crippen LogP) is 3.87. The predicted molar refractivity (Wildman–Crippen MR) is 84.3 cm³/mol. The standard InChI is InChI=1S/C16H19ClN2O2/c1-10(2)19(9-13-6-4-11(3)21-13)16(20)12-5-7-15(18)14(17)8-12/h4-8,10H,9,18H2,1-3H3. The van der Waals surface area contributed by atoms with Gasteiger partial charge in [-0.3, -0.25) is 4.79 Å². The van der Waals surface area contributed by atoms with E-state index in [0.717, 1.165) is 11.5 Å². The molecule has 2 N–H and O–H groups in total. The SMILES string of the molecule is Cc1ccc(CN(C(=O)c2ccc(N)c(Cl)c2)C(C)C)o1. The first kappa shape index (κ1) is 15.4. The lowest BCUT2D eigenvalue weighted by Crippen LogP contribution is -2.36. The number of hydrogen-bond acceptors (Lipinski definition) is 3. The second-order valence-electron chi connectivity index (χ2n) is 5.28. The van der Waals surface area contributed by atoms with Crippen LogP contribution in [0.3, 0.4) is 0 Å². The minimum absolute atomic E-state index is 0.0410. The molecule has 2 rings (SSSR count). The number of furan rings is 1. The van der Waals surface area contributed by atoms with Crippen molar-refractivity contribution >= 4 is 23.2 Å². The van der Waals surface area contributed by atoms with Crippen molar-refractivity contribution in [3.05, 3.63) is 52.4 Å². The highest BCUT2D eigenvalue weighted by molar-refractivity contribution is 6.33. The zero-order valence-corrected chi connectivity index (χ0v) is 13.1. The Morgan fingerprint density at radius 1 is 1.33 bits per heavy atom. The van der Waals surface area contributed by atoms with Gasteiger partial charge in [-0.05, 0) is 51.1 Å². The van der Waals surface area contributed by atoms with E-state index in [1.807, 2.05) is 32.9 Å². The van der Waals surface area contributed by atoms with Crippen LogP contribution in [0.4, 0.5) is 5.69 Å². The van der Waals surface area contributed by atoms with E-state index in [2.05, 4.69) is 0 Å². The van der Waals surface area contributed by atoms with Crippen molar-refractivity contribution in [3.8, 4) is 0 Å². The molecule has 0 spiro atoms. The Hall–Kier alpha value is -1.94. The van der Waals surface area contributed by atoms with Crippen LogP contribution in [0.25, 0.3) is 0 Å². The molecule has 0 unspecified atom stereocenters. The van der Waals surface area contributed by atoms with Gasteiger partial charge in [0.05, 0.1) is 17.3 Å². The van der Waals surface area contributed by atoms with Gasteiger partial charge in [-0.25, -0.2) is 0 Å². The molecule has 0 saturated carbocycles. The lowest BCUT2D eigenvalue weighted by molar-refractivity contribution is 0.0675. The van der Waals surface area contributed by atoms with Gasteiger partial charge in [0, 0.05) is 11.6 Å². The van der Waals surface area contributed by atoms with E-state index in [-0.39, 0.29) is 11.9 Å². The van der Waals surface area contributed by atoms with Gasteiger partial charge in [0.15, 0.2) is 0 Å². The van der Waals surface area contributed by atoms with E-state index in [9.17, 15) is 4.79 Å². The lowest BCUT2D eigenvalue weighted by atomic mass is 10.1. The van der Waals surface area contributed by atoms with Crippen LogP contribution < -0.4 is 5.73 Å². The first-order valence-electron chi connectivity index (χ1n) is 6.80. The first-order chi connectivity index (χ1) is 9.88. The fourth-order valence-corrected chi connectivity index (χ4v) is 2.23. The summed E-state index contributed by atoms with van der Waals surface area (Å²) in [5, 5.41) is 0.387. The maximum absolute atomic E-state index is 12.6. The second-order valence-corrected chi connectivity index (χ2v) is 5.68. The number of nitrogen functional groups attached to an aromatic ring is 1. The van der Waals surface area contributed by atoms with Crippen molar-refractivity contribution < 1.29 is 9.21 Å². The zero-order valence-electron chi connectivity index (χ0n) is 12.4. The normalized spacial score (nSPS) is 10.9. The summed E-state index contributed by atoms with van der Waals surface area (Å²) >= 11 is 5.99. The Kier molecular flexibility index (Phi) is 4.58. The van der Waals surface area contributed by atoms with Gasteiger partial charge in [-0.1, -0.05) is 11.6 Å². The number of rotatable bonds is 4. The number of carbonyl (C=O) groups excluding carboxylic acids is 1. The van der Waals surface area contributed by atoms with Crippen LogP contribution in [0.2, 0.25) is 5.02 Å². The van der Waals surface area contributed by atoms with Crippen molar-refractivity contribution in [3.63, 3.8) is 0 Å². The number of hydrogen-bond donors (Lipinski definition) is 1. The molecule has 1 heterocycles. The number of benzene rings is 1. The van der Waals surface area contributed by atoms with Gasteiger partial charge >= 0.3 is 0 Å². The fraction of sp³-hybridized carbons (Fsp3) is 0.312. The van der Waals surface area contributed by atoms with Crippen LogP contribution >= 0.6 is 11.6 Å². The molecule has 1 amide bonds. The molecular weight excluding hydrogens is 288 g/mol. The molecule has 1 aromatic carbocycles. The average Bonchev–Trinajstić information content (AvgIpc) is 2.83. The van der Waals surface area contributed by atoms with E-state index >= 15 is 0 Å². The third-order valence-electron chi connectivity index (χ3n) is 3.25. The Bertz CT molecular complexity index is 649. The third kappa shape index (κ3) is 3.58. The van der Waals surface area contributed by atoms with Crippen molar-refractivity contribution in [2.75, 3.05) is 5.73 Å². The summed E-state index contributed by atoms with van der Waals surface area (Å²) < 4.78 is 5.55. The van der Waals surface area contributed by atoms with E-state index in [4.69, 9.17) is 21.8 Å². The Morgan fingerprint density at radius 2 is 2.05 bits per heavy atom. The second kappa shape index (κ2) is 6.22. The maximum atomic E-state index is 12.6. The number of carbonyl (C=O) groups is 1. The Labute approximate surface area is 129 Å². The highest BCUT2D eigenvalue weighted by Gasteiger charge is 2.21. The van der Waals surface area contributed by atoms with Gasteiger partial charge in [-0.15, -0.1) is 0 Å². The summed E-state index contributed by atoms with van der Waals surface area (Å²) in [5.41, 5.74) is 6.66. The molecule has 21 heavy (non-hydrogen) atoms. The van der Waals surface area contributed by atoms with Crippen LogP contribution in [0.15, 0.2) is 34.7 Å². The van der Waals surface area contributed by atoms with Crippen LogP contribution in [-0.2, 0) is 6.54 Å². The van der Waals surface area contributed by atoms with Gasteiger partial charge in [0.25, 0.3) is 5.91 Å². The van der Waals surface area contributed by atoms with E-state index in [0.29, 0.717) is 22.8 Å². The van der Waals surface area contributed by atoms with Crippen LogP contribution in [0.5, 0.6) is 0 Å². The van der Waals surface area contributed by atoms with Crippen LogP contribution in [0.1, 0.15) is 35.7 Å². The maximum Gasteiger partial charge on any atom is 0.254 e. The van der Waals surface area contributed by atoms with E-state index in [1.165, 1.54) is 0 Å². The summed E-state index contributed by atoms with van der Waals surface area (Å²) in [6, 6.07) is 8.74. The number of nitrogens with two attached hydrogens (primary N) is 1. The molecule has 0 fully saturated rings. The topological polar surface area (TPSA) is 59.5 Å². The fourth-order valence-electron chi connectivity index (χ4n) is 2.05. The summed E-state index contributed by atoms with van der Waals surface area (Å²) in [6.45, 7) is 6.23. The van der Waals surface area contributed by atoms with Crippen LogP contribution in [0, 0.1) is 6.92 Å². The molecule has 4 nitrogen and oxygen atoms in total. The minimum atomic E-state index is -0.0963. The molecule has 0 saturated heterocycles. The van der Waals surface area contributed by atoms with Crippen molar-refractivity contribution in [2.24, 2.45) is 0 Å². The summed E-state index contributed by atoms with van der Waals surface area (Å²) in [7, 11) is 0. The number of aryl methyl sites for hydroxylation is 1. The molecule has 0 aliphatic carbocycles. The molecule has 0 radical (unpaired) electrons. The van der Waals surface area contributed by atoms with Crippen molar-refractivity contribution in [1.29, 1.82) is 0 Å². The van der Waals surface area contributed by atoms with E-state index in [1.54, 1.807) is 23.1 Å². The Morgan fingerprint density at radius 3 is 2.57 bits per heavy atom. The number of anilines is 1. The van der Waals surface area contributed by atoms with Gasteiger partial charge in [0.1, 0.15) is 11.5 Å². The molecular formula is C16H19ClN2O2. The van der Waals surface area contributed by atoms with E-state index < -0.39 is 0 Å². The molecule has 5 heteroatoms. The first-order valence-corrected chi connectivity index (χ1v) is 7.17. The van der Waals surface area contributed by atoms with Gasteiger partial charge in [-0.2, -0.15) is 0 Å². The largest absolute Gasteiger partial charge is 0.464 e. The van der Waals surface area contributed by atoms with Gasteiger partial charge in [0.2, 0.25) is 0 Å². The lowest BCUT2D eigenvalue weighted by Gasteiger charge is -2.26. The smallest absolute Gasteiger partial charge is 0.254 e. The van der Waals surface area contributed by atoms with Gasteiger partial charge < -0.3 is 15.1 Å². The zero-order chi connectivity index (χ0) is 15.6. The van der Waals surface area contributed by atoms with Crippen molar-refractivity contribution in [2.45, 2.75) is 33.4 Å². The monoisotopic (exact) mass is 306 g/mol. The molecule has 112 valence electrons. The highest BCUT2D eigenvalue weighted by atomic mass is 35.5. The number of nitrogens with zero attached hydrogens (tertiary/aromatic N) is 1. The number of amides is 1. The highest BCUT2D eigenvalue weighted by Crippen LogP contribution is 2.22. The summed E-state index contributed by atoms with van der Waals surface area (Å²) in [5.74, 6) is 1.49. The summed E-state index contributed by atoms with van der Waals surface area (Å²) in [6.07, 6.45) is 0.